The highest BCUT2D eigenvalue weighted by Crippen LogP contribution is 2.44. The van der Waals surface area contributed by atoms with Gasteiger partial charge in [-0.15, -0.1) is 0 Å². The lowest BCUT2D eigenvalue weighted by Gasteiger charge is -2.22. The fourth-order valence-corrected chi connectivity index (χ4v) is 4.22. The van der Waals surface area contributed by atoms with Gasteiger partial charge in [-0.05, 0) is 35.1 Å². The van der Waals surface area contributed by atoms with Crippen molar-refractivity contribution in [3.05, 3.63) is 59.7 Å². The molecule has 0 fully saturated rings. The number of rotatable bonds is 10. The van der Waals surface area contributed by atoms with Crippen molar-refractivity contribution in [3.63, 3.8) is 0 Å². The number of benzene rings is 2. The quantitative estimate of drug-likeness (QED) is 0.412. The molecule has 3 amide bonds. The Labute approximate surface area is 204 Å². The lowest BCUT2D eigenvalue weighted by Crippen LogP contribution is -2.52. The Hall–Kier alpha value is -3.88. The summed E-state index contributed by atoms with van der Waals surface area (Å²) in [5.74, 6) is -2.44. The average Bonchev–Trinajstić information content (AvgIpc) is 3.12. The maximum atomic E-state index is 12.6. The monoisotopic (exact) mass is 481 g/mol. The van der Waals surface area contributed by atoms with Gasteiger partial charge in [0.25, 0.3) is 0 Å². The molecule has 9 nitrogen and oxygen atoms in total. The van der Waals surface area contributed by atoms with Crippen molar-refractivity contribution in [2.45, 2.75) is 45.2 Å². The van der Waals surface area contributed by atoms with Gasteiger partial charge in [0.15, 0.2) is 0 Å². The third kappa shape index (κ3) is 6.59. The zero-order valence-corrected chi connectivity index (χ0v) is 20.0. The van der Waals surface area contributed by atoms with E-state index in [4.69, 9.17) is 9.84 Å². The molecule has 1 unspecified atom stereocenters. The molecule has 0 aliphatic heterocycles. The summed E-state index contributed by atoms with van der Waals surface area (Å²) in [6, 6.07) is 14.5. The molecule has 0 radical (unpaired) electrons. The van der Waals surface area contributed by atoms with Gasteiger partial charge in [0.1, 0.15) is 12.6 Å². The second kappa shape index (κ2) is 11.5. The predicted molar refractivity (Wildman–Crippen MR) is 130 cm³/mol. The third-order valence-corrected chi connectivity index (χ3v) is 5.88. The maximum absolute atomic E-state index is 12.6. The molecule has 2 aromatic rings. The van der Waals surface area contributed by atoms with Crippen molar-refractivity contribution in [2.24, 2.45) is 5.92 Å². The summed E-state index contributed by atoms with van der Waals surface area (Å²) in [6.07, 6.45) is -0.947. The molecule has 2 aromatic carbocycles. The summed E-state index contributed by atoms with van der Waals surface area (Å²) in [6.45, 7) is 4.88. The number of hydrogen-bond donors (Lipinski definition) is 4. The van der Waals surface area contributed by atoms with E-state index in [-0.39, 0.29) is 31.4 Å². The molecular formula is C26H31N3O6. The van der Waals surface area contributed by atoms with Gasteiger partial charge in [0.2, 0.25) is 11.8 Å². The highest BCUT2D eigenvalue weighted by Gasteiger charge is 2.30. The molecule has 2 atom stereocenters. The fraction of sp³-hybridized carbons (Fsp3) is 0.385. The summed E-state index contributed by atoms with van der Waals surface area (Å²) < 4.78 is 5.52. The summed E-state index contributed by atoms with van der Waals surface area (Å²) >= 11 is 0. The topological polar surface area (TPSA) is 134 Å². The average molecular weight is 482 g/mol. The van der Waals surface area contributed by atoms with E-state index in [0.717, 1.165) is 22.3 Å². The van der Waals surface area contributed by atoms with E-state index in [1.165, 1.54) is 0 Å². The van der Waals surface area contributed by atoms with E-state index in [1.54, 1.807) is 20.8 Å². The number of hydrogen-bond acceptors (Lipinski definition) is 5. The molecule has 0 saturated heterocycles. The first kappa shape index (κ1) is 25.7. The molecule has 4 N–H and O–H groups in total. The summed E-state index contributed by atoms with van der Waals surface area (Å²) in [7, 11) is 0. The minimum absolute atomic E-state index is 0.101. The van der Waals surface area contributed by atoms with Crippen LogP contribution in [-0.4, -0.2) is 54.2 Å². The molecule has 1 aliphatic carbocycles. The van der Waals surface area contributed by atoms with Gasteiger partial charge in [-0.25, -0.2) is 4.79 Å². The van der Waals surface area contributed by atoms with Gasteiger partial charge in [-0.1, -0.05) is 62.4 Å². The van der Waals surface area contributed by atoms with Crippen LogP contribution >= 0.6 is 0 Å². The largest absolute Gasteiger partial charge is 0.481 e. The number of fused-ring (bicyclic) bond motifs is 3. The number of amides is 3. The Morgan fingerprint density at radius 2 is 1.49 bits per heavy atom. The normalized spacial score (nSPS) is 13.8. The van der Waals surface area contributed by atoms with Crippen molar-refractivity contribution in [1.29, 1.82) is 0 Å². The highest BCUT2D eigenvalue weighted by atomic mass is 16.5. The first-order valence-corrected chi connectivity index (χ1v) is 11.6. The van der Waals surface area contributed by atoms with E-state index in [2.05, 4.69) is 16.0 Å². The third-order valence-electron chi connectivity index (χ3n) is 5.88. The number of ether oxygens (including phenoxy) is 1. The Kier molecular flexibility index (Phi) is 8.46. The van der Waals surface area contributed by atoms with Crippen LogP contribution in [0.15, 0.2) is 48.5 Å². The minimum Gasteiger partial charge on any atom is -0.481 e. The van der Waals surface area contributed by atoms with Crippen LogP contribution in [0.5, 0.6) is 0 Å². The maximum Gasteiger partial charge on any atom is 0.407 e. The second-order valence-corrected chi connectivity index (χ2v) is 8.98. The van der Waals surface area contributed by atoms with Crippen LogP contribution in [0.2, 0.25) is 0 Å². The molecule has 0 bridgehead atoms. The van der Waals surface area contributed by atoms with Crippen LogP contribution in [-0.2, 0) is 19.1 Å². The second-order valence-electron chi connectivity index (χ2n) is 8.98. The van der Waals surface area contributed by atoms with E-state index >= 15 is 0 Å². The van der Waals surface area contributed by atoms with Crippen LogP contribution in [0.4, 0.5) is 4.79 Å². The number of carboxylic acids is 1. The van der Waals surface area contributed by atoms with Crippen LogP contribution in [0, 0.1) is 5.92 Å². The molecule has 0 spiro atoms. The van der Waals surface area contributed by atoms with Gasteiger partial charge in [-0.2, -0.15) is 0 Å². The Morgan fingerprint density at radius 1 is 0.914 bits per heavy atom. The highest BCUT2D eigenvalue weighted by molar-refractivity contribution is 5.90. The van der Waals surface area contributed by atoms with Gasteiger partial charge in [-0.3, -0.25) is 14.4 Å². The van der Waals surface area contributed by atoms with Crippen LogP contribution in [0.25, 0.3) is 11.1 Å². The first-order chi connectivity index (χ1) is 16.7. The van der Waals surface area contributed by atoms with E-state index in [9.17, 15) is 19.2 Å². The number of nitrogens with one attached hydrogen (secondary N) is 3. The number of aliphatic carboxylic acids is 1. The van der Waals surface area contributed by atoms with E-state index in [1.807, 2.05) is 48.5 Å². The van der Waals surface area contributed by atoms with Gasteiger partial charge in [0.05, 0.1) is 13.0 Å². The van der Waals surface area contributed by atoms with Crippen molar-refractivity contribution in [1.82, 2.24) is 16.0 Å². The van der Waals surface area contributed by atoms with Crippen LogP contribution in [0.1, 0.15) is 44.2 Å². The molecule has 0 heterocycles. The van der Waals surface area contributed by atoms with Crippen LogP contribution in [0.3, 0.4) is 0 Å². The van der Waals surface area contributed by atoms with Crippen molar-refractivity contribution >= 4 is 23.9 Å². The Morgan fingerprint density at radius 3 is 2.03 bits per heavy atom. The zero-order chi connectivity index (χ0) is 25.5. The van der Waals surface area contributed by atoms with E-state index < -0.39 is 36.0 Å². The lowest BCUT2D eigenvalue weighted by molar-refractivity contribution is -0.137. The number of carbonyl (C=O) groups is 4. The summed E-state index contributed by atoms with van der Waals surface area (Å²) in [5, 5.41) is 16.3. The summed E-state index contributed by atoms with van der Waals surface area (Å²) in [4.78, 5) is 47.9. The standard InChI is InChI=1S/C26H31N3O6/c1-15(2)24(25(33)27-13-22(30)28-16(3)12-23(31)32)29-26(34)35-14-21-19-10-6-4-8-17(19)18-9-5-7-11-20(18)21/h4-11,15-16,21,24H,12-14H2,1-3H3,(H,27,33)(H,28,30)(H,29,34)(H,31,32)/t16?,24-/m0/s1. The first-order valence-electron chi connectivity index (χ1n) is 11.6. The summed E-state index contributed by atoms with van der Waals surface area (Å²) in [5.41, 5.74) is 4.41. The van der Waals surface area contributed by atoms with Crippen molar-refractivity contribution in [3.8, 4) is 11.1 Å². The molecule has 35 heavy (non-hydrogen) atoms. The fourth-order valence-electron chi connectivity index (χ4n) is 4.22. The number of carboxylic acid groups (broad SMARTS) is 1. The SMILES string of the molecule is CC(CC(=O)O)NC(=O)CNC(=O)[C@@H](NC(=O)OCC1c2ccccc2-c2ccccc21)C(C)C. The minimum atomic E-state index is -1.03. The molecular weight excluding hydrogens is 450 g/mol. The Bertz CT molecular complexity index is 1050. The van der Waals surface area contributed by atoms with Crippen molar-refractivity contribution in [2.75, 3.05) is 13.2 Å². The molecule has 1 aliphatic rings. The molecule has 3 rings (SSSR count). The smallest absolute Gasteiger partial charge is 0.407 e. The van der Waals surface area contributed by atoms with Gasteiger partial charge in [0, 0.05) is 12.0 Å². The van der Waals surface area contributed by atoms with Crippen LogP contribution < -0.4 is 16.0 Å². The molecule has 186 valence electrons. The number of carbonyl (C=O) groups excluding carboxylic acids is 3. The molecule has 9 heteroatoms. The predicted octanol–water partition coefficient (Wildman–Crippen LogP) is 2.65. The van der Waals surface area contributed by atoms with E-state index in [0.29, 0.717) is 0 Å². The lowest BCUT2D eigenvalue weighted by atomic mass is 9.98. The van der Waals surface area contributed by atoms with Gasteiger partial charge >= 0.3 is 12.1 Å². The molecule has 0 aromatic heterocycles. The number of alkyl carbamates (subject to hydrolysis) is 1. The zero-order valence-electron chi connectivity index (χ0n) is 20.0. The van der Waals surface area contributed by atoms with Gasteiger partial charge < -0.3 is 25.8 Å². The molecule has 0 saturated carbocycles. The Balaban J connectivity index is 1.54. The van der Waals surface area contributed by atoms with Crippen molar-refractivity contribution < 1.29 is 29.0 Å².